The molecule has 23 heavy (non-hydrogen) atoms. The second kappa shape index (κ2) is 7.55. The molecule has 2 aromatic rings. The molecule has 6 heteroatoms. The predicted octanol–water partition coefficient (Wildman–Crippen LogP) is 3.22. The highest BCUT2D eigenvalue weighted by atomic mass is 32.1. The van der Waals surface area contributed by atoms with E-state index in [1.54, 1.807) is 11.3 Å². The molecule has 2 aromatic heterocycles. The fraction of sp³-hybridized carbons (Fsp3) is 0.647. The van der Waals surface area contributed by atoms with Crippen molar-refractivity contribution in [3.63, 3.8) is 0 Å². The molecule has 1 aliphatic heterocycles. The van der Waals surface area contributed by atoms with Gasteiger partial charge in [0.25, 0.3) is 0 Å². The fourth-order valence-corrected chi connectivity index (χ4v) is 3.84. The zero-order valence-electron chi connectivity index (χ0n) is 13.7. The standard InChI is InChI=1S/C17H25N3O2S/c1-2-17(13-21)7-10-20(11-8-17)9-3-6-15-18-16(19-22-15)14-5-4-12-23-14/h4-5,12,21H,2-3,6-11,13H2,1H3. The maximum absolute atomic E-state index is 9.59. The number of thiophene rings is 1. The first-order chi connectivity index (χ1) is 11.2. The largest absolute Gasteiger partial charge is 0.396 e. The van der Waals surface area contributed by atoms with Gasteiger partial charge in [0.15, 0.2) is 0 Å². The van der Waals surface area contributed by atoms with Gasteiger partial charge in [-0.2, -0.15) is 4.98 Å². The molecule has 0 aromatic carbocycles. The van der Waals surface area contributed by atoms with E-state index in [0.29, 0.717) is 12.4 Å². The van der Waals surface area contributed by atoms with Crippen molar-refractivity contribution in [2.24, 2.45) is 5.41 Å². The Labute approximate surface area is 141 Å². The van der Waals surface area contributed by atoms with Crippen LogP contribution in [0, 0.1) is 5.41 Å². The van der Waals surface area contributed by atoms with Gasteiger partial charge in [0.05, 0.1) is 4.88 Å². The molecule has 1 N–H and O–H groups in total. The molecule has 0 atom stereocenters. The first-order valence-electron chi connectivity index (χ1n) is 8.44. The summed E-state index contributed by atoms with van der Waals surface area (Å²) in [6, 6.07) is 4.00. The number of nitrogens with zero attached hydrogens (tertiary/aromatic N) is 3. The highest BCUT2D eigenvalue weighted by Gasteiger charge is 2.31. The van der Waals surface area contributed by atoms with Crippen LogP contribution in [0.2, 0.25) is 0 Å². The van der Waals surface area contributed by atoms with E-state index in [9.17, 15) is 5.11 Å². The van der Waals surface area contributed by atoms with E-state index in [4.69, 9.17) is 4.52 Å². The van der Waals surface area contributed by atoms with Crippen molar-refractivity contribution in [2.45, 2.75) is 39.0 Å². The Morgan fingerprint density at radius 1 is 1.39 bits per heavy atom. The molecule has 0 unspecified atom stereocenters. The molecule has 0 spiro atoms. The van der Waals surface area contributed by atoms with Crippen LogP contribution in [0.15, 0.2) is 22.0 Å². The summed E-state index contributed by atoms with van der Waals surface area (Å²) in [6.07, 6.45) is 5.13. The number of hydrogen-bond acceptors (Lipinski definition) is 6. The van der Waals surface area contributed by atoms with Crippen LogP contribution < -0.4 is 0 Å². The number of likely N-dealkylation sites (tertiary alicyclic amines) is 1. The topological polar surface area (TPSA) is 62.4 Å². The van der Waals surface area contributed by atoms with Gasteiger partial charge in [-0.05, 0) is 62.2 Å². The Balaban J connectivity index is 1.42. The van der Waals surface area contributed by atoms with Crippen LogP contribution in [0.25, 0.3) is 10.7 Å². The lowest BCUT2D eigenvalue weighted by Crippen LogP contribution is -2.42. The minimum Gasteiger partial charge on any atom is -0.396 e. The van der Waals surface area contributed by atoms with E-state index in [1.807, 2.05) is 17.5 Å². The number of hydrogen-bond donors (Lipinski definition) is 1. The molecule has 1 saturated heterocycles. The zero-order valence-corrected chi connectivity index (χ0v) is 14.5. The first kappa shape index (κ1) is 16.6. The zero-order chi connectivity index (χ0) is 16.1. The summed E-state index contributed by atoms with van der Waals surface area (Å²) in [4.78, 5) is 8.00. The molecule has 0 saturated carbocycles. The van der Waals surface area contributed by atoms with Crippen LogP contribution >= 0.6 is 11.3 Å². The third-order valence-electron chi connectivity index (χ3n) is 5.08. The summed E-state index contributed by atoms with van der Waals surface area (Å²) in [7, 11) is 0. The second-order valence-corrected chi connectivity index (χ2v) is 7.39. The van der Waals surface area contributed by atoms with E-state index < -0.39 is 0 Å². The normalized spacial score (nSPS) is 18.3. The van der Waals surface area contributed by atoms with Crippen LogP contribution in [0.4, 0.5) is 0 Å². The van der Waals surface area contributed by atoms with Gasteiger partial charge >= 0.3 is 0 Å². The molecule has 1 aliphatic rings. The Morgan fingerprint density at radius 2 is 2.22 bits per heavy atom. The Kier molecular flexibility index (Phi) is 5.46. The molecule has 0 bridgehead atoms. The minimum absolute atomic E-state index is 0.165. The summed E-state index contributed by atoms with van der Waals surface area (Å²) in [5.41, 5.74) is 0.165. The molecule has 0 amide bonds. The van der Waals surface area contributed by atoms with Crippen LogP contribution in [-0.2, 0) is 6.42 Å². The number of aryl methyl sites for hydroxylation is 1. The van der Waals surface area contributed by atoms with Crippen molar-refractivity contribution < 1.29 is 9.63 Å². The lowest BCUT2D eigenvalue weighted by Gasteiger charge is -2.40. The van der Waals surface area contributed by atoms with Crippen molar-refractivity contribution in [3.8, 4) is 10.7 Å². The van der Waals surface area contributed by atoms with Crippen LogP contribution in [0.3, 0.4) is 0 Å². The highest BCUT2D eigenvalue weighted by molar-refractivity contribution is 7.13. The quantitative estimate of drug-likeness (QED) is 0.842. The van der Waals surface area contributed by atoms with Gasteiger partial charge < -0.3 is 14.5 Å². The minimum atomic E-state index is 0.165. The molecular formula is C17H25N3O2S. The Bertz CT molecular complexity index is 583. The van der Waals surface area contributed by atoms with Gasteiger partial charge in [0, 0.05) is 13.0 Å². The lowest BCUT2D eigenvalue weighted by molar-refractivity contribution is 0.0405. The fourth-order valence-electron chi connectivity index (χ4n) is 3.19. The van der Waals surface area contributed by atoms with E-state index in [2.05, 4.69) is 22.0 Å². The molecule has 1 fully saturated rings. The van der Waals surface area contributed by atoms with Crippen molar-refractivity contribution in [1.29, 1.82) is 0 Å². The lowest BCUT2D eigenvalue weighted by atomic mass is 9.77. The third-order valence-corrected chi connectivity index (χ3v) is 5.94. The van der Waals surface area contributed by atoms with Gasteiger partial charge in [0.1, 0.15) is 0 Å². The number of piperidine rings is 1. The van der Waals surface area contributed by atoms with Gasteiger partial charge in [0.2, 0.25) is 11.7 Å². The van der Waals surface area contributed by atoms with E-state index in [0.717, 1.165) is 62.5 Å². The third kappa shape index (κ3) is 4.00. The Morgan fingerprint density at radius 3 is 2.87 bits per heavy atom. The van der Waals surface area contributed by atoms with Gasteiger partial charge in [-0.25, -0.2) is 0 Å². The molecule has 0 radical (unpaired) electrons. The molecular weight excluding hydrogens is 310 g/mol. The van der Waals surface area contributed by atoms with E-state index >= 15 is 0 Å². The average Bonchev–Trinajstić information content (AvgIpc) is 3.27. The average molecular weight is 335 g/mol. The summed E-state index contributed by atoms with van der Waals surface area (Å²) in [6.45, 7) is 5.73. The number of aliphatic hydroxyl groups is 1. The molecule has 126 valence electrons. The highest BCUT2D eigenvalue weighted by Crippen LogP contribution is 2.34. The van der Waals surface area contributed by atoms with Crippen molar-refractivity contribution >= 4 is 11.3 Å². The van der Waals surface area contributed by atoms with Crippen LogP contribution in [0.5, 0.6) is 0 Å². The second-order valence-electron chi connectivity index (χ2n) is 6.45. The molecule has 3 heterocycles. The predicted molar refractivity (Wildman–Crippen MR) is 91.4 cm³/mol. The first-order valence-corrected chi connectivity index (χ1v) is 9.32. The SMILES string of the molecule is CCC1(CO)CCN(CCCc2nc(-c3cccs3)no2)CC1. The molecule has 3 rings (SSSR count). The van der Waals surface area contributed by atoms with Gasteiger partial charge in [-0.3, -0.25) is 0 Å². The number of rotatable bonds is 7. The maximum atomic E-state index is 9.59. The number of aliphatic hydroxyl groups excluding tert-OH is 1. The summed E-state index contributed by atoms with van der Waals surface area (Å²) >= 11 is 1.63. The maximum Gasteiger partial charge on any atom is 0.227 e. The Hall–Kier alpha value is -1.24. The smallest absolute Gasteiger partial charge is 0.227 e. The summed E-state index contributed by atoms with van der Waals surface area (Å²) in [5, 5.41) is 15.7. The van der Waals surface area contributed by atoms with Crippen LogP contribution in [0.1, 0.15) is 38.5 Å². The van der Waals surface area contributed by atoms with Gasteiger partial charge in [-0.15, -0.1) is 11.3 Å². The number of aromatic nitrogens is 2. The van der Waals surface area contributed by atoms with Gasteiger partial charge in [-0.1, -0.05) is 18.1 Å². The monoisotopic (exact) mass is 335 g/mol. The van der Waals surface area contributed by atoms with E-state index in [1.165, 1.54) is 0 Å². The molecule has 0 aliphatic carbocycles. The molecule has 5 nitrogen and oxygen atoms in total. The van der Waals surface area contributed by atoms with Crippen molar-refractivity contribution in [1.82, 2.24) is 15.0 Å². The van der Waals surface area contributed by atoms with Crippen LogP contribution in [-0.4, -0.2) is 46.4 Å². The van der Waals surface area contributed by atoms with Crippen molar-refractivity contribution in [2.75, 3.05) is 26.2 Å². The summed E-state index contributed by atoms with van der Waals surface area (Å²) < 4.78 is 5.34. The summed E-state index contributed by atoms with van der Waals surface area (Å²) in [5.74, 6) is 1.42. The van der Waals surface area contributed by atoms with E-state index in [-0.39, 0.29) is 5.41 Å². The van der Waals surface area contributed by atoms with Crippen molar-refractivity contribution in [3.05, 3.63) is 23.4 Å².